The van der Waals surface area contributed by atoms with Gasteiger partial charge in [-0.1, -0.05) is 95.2 Å². The first kappa shape index (κ1) is 55.3. The third-order valence-electron chi connectivity index (χ3n) is 16.5. The van der Waals surface area contributed by atoms with Crippen molar-refractivity contribution in [1.29, 1.82) is 0 Å². The van der Waals surface area contributed by atoms with E-state index in [1.165, 1.54) is 68.1 Å². The van der Waals surface area contributed by atoms with Gasteiger partial charge in [0.25, 0.3) is 0 Å². The van der Waals surface area contributed by atoms with E-state index in [1.54, 1.807) is 21.3 Å². The number of hydrogen-bond donors (Lipinski definition) is 3. The first-order chi connectivity index (χ1) is 35.3. The molecule has 73 heavy (non-hydrogen) atoms. The molecule has 12 heteroatoms. The van der Waals surface area contributed by atoms with E-state index in [-0.39, 0.29) is 30.7 Å². The first-order valence-electron chi connectivity index (χ1n) is 27.7. The van der Waals surface area contributed by atoms with Crippen molar-refractivity contribution in [1.82, 2.24) is 0 Å². The lowest BCUT2D eigenvalue weighted by Gasteiger charge is -2.47. The molecule has 0 aliphatic carbocycles. The van der Waals surface area contributed by atoms with Crippen LogP contribution >= 0.6 is 0 Å². The number of fused-ring (bicyclic) bond motifs is 2. The average Bonchev–Trinajstić information content (AvgIpc) is 3.37. The maximum Gasteiger partial charge on any atom is 0.303 e. The summed E-state index contributed by atoms with van der Waals surface area (Å²) in [5.41, 5.74) is 6.95. The standard InChI is InChI=1S/C61H84N2O10/c1-62(34-22-18-14-10-6-8-12-16-20-24-57(64)65)36-32-46-41-53(70-4)55-43-49(46)50(62)38-44-26-29-48(30-27-44)72-54-40-45(28-31-52(54)69-3)39-51-59-47(42-56(71-5)60(68)61(59)73-55)33-37-63(51,2)35-23-19-15-11-7-9-13-17-21-25-58(66)67/h26-31,40-43,50-51H,6-25,32-39H2,1-5H3,(H-2,64,65,66,67,68)/p+2. The van der Waals surface area contributed by atoms with Crippen molar-refractivity contribution in [3.8, 4) is 46.0 Å². The zero-order chi connectivity index (χ0) is 51.8. The number of benzene rings is 4. The lowest BCUT2D eigenvalue weighted by molar-refractivity contribution is -0.941. The van der Waals surface area contributed by atoms with Gasteiger partial charge < -0.3 is 48.0 Å². The number of rotatable bonds is 27. The Hall–Kier alpha value is -5.46. The van der Waals surface area contributed by atoms with E-state index in [0.29, 0.717) is 40.9 Å². The number of hydrogen-bond acceptors (Lipinski definition) is 8. The quantitative estimate of drug-likeness (QED) is 0.0390. The number of methoxy groups -OCH3 is 3. The number of quaternary nitrogens is 2. The van der Waals surface area contributed by atoms with Gasteiger partial charge in [-0.3, -0.25) is 9.59 Å². The van der Waals surface area contributed by atoms with Crippen LogP contribution in [0.2, 0.25) is 0 Å². The largest absolute Gasteiger partial charge is 0.502 e. The second-order valence-electron chi connectivity index (χ2n) is 21.8. The summed E-state index contributed by atoms with van der Waals surface area (Å²) in [6, 6.07) is 21.3. The number of carboxylic acid groups (broad SMARTS) is 2. The van der Waals surface area contributed by atoms with Crippen molar-refractivity contribution < 1.29 is 57.6 Å². The third-order valence-corrected chi connectivity index (χ3v) is 16.5. The normalized spacial score (nSPS) is 20.0. The molecular formula is C61H86N2O10+2. The average molecular weight is 1010 g/mol. The predicted molar refractivity (Wildman–Crippen MR) is 287 cm³/mol. The lowest BCUT2D eigenvalue weighted by atomic mass is 9.84. The highest BCUT2D eigenvalue weighted by Crippen LogP contribution is 2.53. The fraction of sp³-hybridized carbons (Fsp3) is 0.574. The van der Waals surface area contributed by atoms with Crippen LogP contribution in [0.1, 0.15) is 174 Å². The van der Waals surface area contributed by atoms with Gasteiger partial charge in [-0.15, -0.1) is 0 Å². The summed E-state index contributed by atoms with van der Waals surface area (Å²) >= 11 is 0. The van der Waals surface area contributed by atoms with Crippen LogP contribution in [-0.4, -0.2) is 97.8 Å². The molecule has 4 heterocycles. The minimum atomic E-state index is -0.707. The van der Waals surface area contributed by atoms with E-state index in [1.807, 2.05) is 12.1 Å². The van der Waals surface area contributed by atoms with Gasteiger partial charge in [0, 0.05) is 44.1 Å². The summed E-state index contributed by atoms with van der Waals surface area (Å²) < 4.78 is 33.6. The van der Waals surface area contributed by atoms with Crippen molar-refractivity contribution in [2.75, 3.05) is 61.6 Å². The summed E-state index contributed by atoms with van der Waals surface area (Å²) in [4.78, 5) is 21.8. The number of nitrogens with zero attached hydrogens (tertiary/aromatic N) is 2. The van der Waals surface area contributed by atoms with E-state index in [4.69, 9.17) is 33.9 Å². The van der Waals surface area contributed by atoms with E-state index < -0.39 is 11.9 Å². The first-order valence-corrected chi connectivity index (χ1v) is 27.7. The highest BCUT2D eigenvalue weighted by atomic mass is 16.5. The van der Waals surface area contributed by atoms with Crippen LogP contribution in [0.3, 0.4) is 0 Å². The molecule has 0 radical (unpaired) electrons. The second-order valence-corrected chi connectivity index (χ2v) is 21.8. The maximum atomic E-state index is 12.4. The molecule has 0 saturated heterocycles. The van der Waals surface area contributed by atoms with Gasteiger partial charge in [0.05, 0.1) is 67.2 Å². The third kappa shape index (κ3) is 14.7. The molecule has 0 amide bonds. The molecule has 4 aliphatic rings. The van der Waals surface area contributed by atoms with Gasteiger partial charge in [0.15, 0.2) is 34.5 Å². The molecule has 3 N–H and O–H groups in total. The Bertz CT molecular complexity index is 2440. The number of phenols is 1. The van der Waals surface area contributed by atoms with Crippen LogP contribution in [0.25, 0.3) is 0 Å². The van der Waals surface area contributed by atoms with E-state index in [0.717, 1.165) is 141 Å². The van der Waals surface area contributed by atoms with Crippen molar-refractivity contribution in [2.24, 2.45) is 0 Å². The van der Waals surface area contributed by atoms with Gasteiger partial charge in [-0.25, -0.2) is 0 Å². The fourth-order valence-electron chi connectivity index (χ4n) is 12.1. The van der Waals surface area contributed by atoms with Crippen molar-refractivity contribution in [3.63, 3.8) is 0 Å². The molecule has 398 valence electrons. The van der Waals surface area contributed by atoms with Gasteiger partial charge in [-0.05, 0) is 103 Å². The predicted octanol–water partition coefficient (Wildman–Crippen LogP) is 13.9. The summed E-state index contributed by atoms with van der Waals surface area (Å²) in [6.45, 7) is 3.95. The Morgan fingerprint density at radius 3 is 1.55 bits per heavy atom. The Kier molecular flexibility index (Phi) is 20.2. The van der Waals surface area contributed by atoms with Crippen molar-refractivity contribution in [3.05, 3.63) is 94.0 Å². The van der Waals surface area contributed by atoms with Crippen LogP contribution in [0, 0.1) is 0 Å². The second kappa shape index (κ2) is 26.7. The van der Waals surface area contributed by atoms with Crippen LogP contribution in [0.5, 0.6) is 46.0 Å². The van der Waals surface area contributed by atoms with Crippen LogP contribution in [-0.2, 0) is 35.3 Å². The molecule has 12 nitrogen and oxygen atoms in total. The molecule has 0 aromatic heterocycles. The number of aromatic hydroxyl groups is 1. The summed E-state index contributed by atoms with van der Waals surface area (Å²) in [5, 5.41) is 30.3. The van der Waals surface area contributed by atoms with Crippen LogP contribution in [0.4, 0.5) is 0 Å². The Labute approximate surface area is 435 Å². The molecule has 0 saturated carbocycles. The molecular weight excluding hydrogens is 921 g/mol. The number of ether oxygens (including phenoxy) is 5. The minimum absolute atomic E-state index is 0.00881. The number of likely N-dealkylation sites (N-methyl/N-ethyl adjacent to an activating group) is 2. The maximum absolute atomic E-state index is 12.4. The fourth-order valence-corrected chi connectivity index (χ4v) is 12.1. The topological polar surface area (TPSA) is 141 Å². The van der Waals surface area contributed by atoms with Gasteiger partial charge >= 0.3 is 11.9 Å². The molecule has 8 rings (SSSR count). The summed E-state index contributed by atoms with van der Waals surface area (Å²) in [5.74, 6) is 2.71. The monoisotopic (exact) mass is 1010 g/mol. The number of carboxylic acids is 2. The van der Waals surface area contributed by atoms with E-state index >= 15 is 0 Å². The molecule has 4 unspecified atom stereocenters. The molecule has 4 atom stereocenters. The molecule has 4 aromatic rings. The number of carbonyl (C=O) groups is 2. The SMILES string of the molecule is COc1ccc2cc1Oc1ccc(cc1)CC1c3cc(c(OC)cc3CC[N+]1(C)CCCCCCCCCCCC(=O)O)Oc1c(O)c(OC)cc3c1C(C2)[N+](C)(CCCCCCCCCCCC(=O)O)CC3. The Morgan fingerprint density at radius 2 is 1.00 bits per heavy atom. The zero-order valence-corrected chi connectivity index (χ0v) is 44.8. The van der Waals surface area contributed by atoms with Crippen molar-refractivity contribution >= 4 is 11.9 Å². The number of unbranched alkanes of at least 4 members (excludes halogenated alkanes) is 16. The van der Waals surface area contributed by atoms with Crippen molar-refractivity contribution in [2.45, 2.75) is 166 Å². The molecule has 4 aromatic carbocycles. The highest BCUT2D eigenvalue weighted by Gasteiger charge is 2.44. The van der Waals surface area contributed by atoms with Gasteiger partial charge in [-0.2, -0.15) is 0 Å². The summed E-state index contributed by atoms with van der Waals surface area (Å²) in [6.07, 6.45) is 23.4. The molecule has 4 aliphatic heterocycles. The highest BCUT2D eigenvalue weighted by molar-refractivity contribution is 5.67. The van der Waals surface area contributed by atoms with Gasteiger partial charge in [0.2, 0.25) is 5.75 Å². The van der Waals surface area contributed by atoms with Crippen LogP contribution in [0.15, 0.2) is 60.7 Å². The number of aliphatic carboxylic acids is 2. The molecule has 0 fully saturated rings. The Morgan fingerprint density at radius 1 is 0.534 bits per heavy atom. The number of phenolic OH excluding ortho intramolecular Hbond substituents is 1. The zero-order valence-electron chi connectivity index (χ0n) is 44.8. The Balaban J connectivity index is 1.20. The molecule has 0 spiro atoms. The van der Waals surface area contributed by atoms with Gasteiger partial charge in [0.1, 0.15) is 17.8 Å². The van der Waals surface area contributed by atoms with Crippen LogP contribution < -0.4 is 23.7 Å². The smallest absolute Gasteiger partial charge is 0.303 e. The van der Waals surface area contributed by atoms with E-state index in [9.17, 15) is 14.7 Å². The summed E-state index contributed by atoms with van der Waals surface area (Å²) in [7, 11) is 9.80. The molecule has 6 bridgehead atoms. The lowest BCUT2D eigenvalue weighted by Crippen LogP contribution is -2.52. The minimum Gasteiger partial charge on any atom is -0.502 e. The van der Waals surface area contributed by atoms with E-state index in [2.05, 4.69) is 62.6 Å².